The summed E-state index contributed by atoms with van der Waals surface area (Å²) in [6, 6.07) is 15.6. The van der Waals surface area contributed by atoms with E-state index in [1.807, 2.05) is 36.4 Å². The minimum absolute atomic E-state index is 0.217. The van der Waals surface area contributed by atoms with Crippen molar-refractivity contribution in [2.45, 2.75) is 13.8 Å². The molecule has 0 fully saturated rings. The van der Waals surface area contributed by atoms with Crippen molar-refractivity contribution in [2.24, 2.45) is 10.2 Å². The van der Waals surface area contributed by atoms with Crippen molar-refractivity contribution >= 4 is 29.2 Å². The maximum absolute atomic E-state index is 11.9. The van der Waals surface area contributed by atoms with E-state index in [-0.39, 0.29) is 5.91 Å². The molecule has 0 unspecified atom stereocenters. The van der Waals surface area contributed by atoms with Gasteiger partial charge in [0, 0.05) is 24.3 Å². The van der Waals surface area contributed by atoms with Crippen LogP contribution in [0.4, 0.5) is 11.4 Å². The van der Waals surface area contributed by atoms with E-state index in [4.69, 9.17) is 0 Å². The van der Waals surface area contributed by atoms with Gasteiger partial charge in [-0.1, -0.05) is 30.3 Å². The predicted octanol–water partition coefficient (Wildman–Crippen LogP) is 3.31. The fourth-order valence-corrected chi connectivity index (χ4v) is 2.71. The Morgan fingerprint density at radius 2 is 1.75 bits per heavy atom. The van der Waals surface area contributed by atoms with E-state index < -0.39 is 0 Å². The monoisotopic (exact) mass is 320 g/mol. The number of anilines is 2. The normalized spacial score (nSPS) is 14.9. The van der Waals surface area contributed by atoms with Crippen LogP contribution in [0, 0.1) is 0 Å². The molecule has 0 spiro atoms. The van der Waals surface area contributed by atoms with Crippen LogP contribution < -0.4 is 10.2 Å². The number of carbonyl (C=O) groups excluding carboxylic acids is 1. The number of nitrogens with zero attached hydrogens (tertiary/aromatic N) is 3. The molecule has 1 aliphatic heterocycles. The highest BCUT2D eigenvalue weighted by molar-refractivity contribution is 6.53. The Morgan fingerprint density at radius 1 is 1.04 bits per heavy atom. The van der Waals surface area contributed by atoms with E-state index in [1.165, 1.54) is 5.69 Å². The molecular weight excluding hydrogens is 300 g/mol. The van der Waals surface area contributed by atoms with Crippen molar-refractivity contribution in [3.05, 3.63) is 59.7 Å². The number of rotatable bonds is 5. The zero-order chi connectivity index (χ0) is 16.9. The second-order valence-corrected chi connectivity index (χ2v) is 5.46. The van der Waals surface area contributed by atoms with Crippen LogP contribution in [0.25, 0.3) is 0 Å². The van der Waals surface area contributed by atoms with Gasteiger partial charge < -0.3 is 10.2 Å². The van der Waals surface area contributed by atoms with Crippen LogP contribution in [-0.4, -0.2) is 30.9 Å². The fraction of sp³-hybridized carbons (Fsp3) is 0.211. The van der Waals surface area contributed by atoms with Gasteiger partial charge >= 0.3 is 0 Å². The minimum atomic E-state index is -0.217. The first-order chi connectivity index (χ1) is 11.7. The summed E-state index contributed by atoms with van der Waals surface area (Å²) in [6.07, 6.45) is 1.66. The van der Waals surface area contributed by atoms with Gasteiger partial charge in [-0.05, 0) is 37.6 Å². The molecule has 0 saturated carbocycles. The predicted molar refractivity (Wildman–Crippen MR) is 99.2 cm³/mol. The highest BCUT2D eigenvalue weighted by Gasteiger charge is 2.25. The molecule has 1 heterocycles. The molecule has 0 saturated heterocycles. The molecule has 5 nitrogen and oxygen atoms in total. The van der Waals surface area contributed by atoms with Gasteiger partial charge in [-0.15, -0.1) is 5.10 Å². The lowest BCUT2D eigenvalue weighted by atomic mass is 10.1. The number of benzene rings is 2. The Labute approximate surface area is 141 Å². The molecule has 0 radical (unpaired) electrons. The second kappa shape index (κ2) is 7.08. The maximum atomic E-state index is 11.9. The molecule has 0 aromatic heterocycles. The van der Waals surface area contributed by atoms with Crippen LogP contribution >= 0.6 is 0 Å². The van der Waals surface area contributed by atoms with E-state index in [9.17, 15) is 4.79 Å². The van der Waals surface area contributed by atoms with Gasteiger partial charge in [-0.25, -0.2) is 0 Å². The third-order valence-corrected chi connectivity index (χ3v) is 4.03. The fourth-order valence-electron chi connectivity index (χ4n) is 2.71. The number of nitrogens with one attached hydrogen (secondary N) is 1. The lowest BCUT2D eigenvalue weighted by molar-refractivity contribution is -0.110. The minimum Gasteiger partial charge on any atom is -0.372 e. The molecule has 122 valence electrons. The summed E-state index contributed by atoms with van der Waals surface area (Å²) in [5.41, 5.74) is 4.05. The van der Waals surface area contributed by atoms with Crippen molar-refractivity contribution in [1.29, 1.82) is 0 Å². The summed E-state index contributed by atoms with van der Waals surface area (Å²) < 4.78 is 0. The molecule has 1 amide bonds. The SMILES string of the molecule is CCN(CC)c1ccc(/C=N/N=C2/C(=O)Nc3ccccc32)cc1. The summed E-state index contributed by atoms with van der Waals surface area (Å²) in [5, 5.41) is 11.0. The Hall–Kier alpha value is -2.95. The van der Waals surface area contributed by atoms with E-state index in [0.717, 1.165) is 29.9 Å². The molecular formula is C19H20N4O. The first kappa shape index (κ1) is 15.9. The summed E-state index contributed by atoms with van der Waals surface area (Å²) in [4.78, 5) is 14.2. The van der Waals surface area contributed by atoms with Gasteiger partial charge in [0.05, 0.1) is 11.9 Å². The summed E-state index contributed by atoms with van der Waals surface area (Å²) >= 11 is 0. The summed E-state index contributed by atoms with van der Waals surface area (Å²) in [6.45, 7) is 6.23. The van der Waals surface area contributed by atoms with Crippen LogP contribution in [-0.2, 0) is 4.79 Å². The second-order valence-electron chi connectivity index (χ2n) is 5.46. The largest absolute Gasteiger partial charge is 0.372 e. The first-order valence-electron chi connectivity index (χ1n) is 8.09. The van der Waals surface area contributed by atoms with Crippen LogP contribution in [0.2, 0.25) is 0 Å². The van der Waals surface area contributed by atoms with Gasteiger partial charge in [0.25, 0.3) is 5.91 Å². The highest BCUT2D eigenvalue weighted by atomic mass is 16.2. The number of amides is 1. The topological polar surface area (TPSA) is 57.1 Å². The Balaban J connectivity index is 1.76. The molecule has 0 aliphatic carbocycles. The average molecular weight is 320 g/mol. The molecule has 0 bridgehead atoms. The summed E-state index contributed by atoms with van der Waals surface area (Å²) in [7, 11) is 0. The lowest BCUT2D eigenvalue weighted by Crippen LogP contribution is -2.21. The standard InChI is InChI=1S/C19H20N4O/c1-3-23(4-2)15-11-9-14(10-12-15)13-20-22-18-16-7-5-6-8-17(16)21-19(18)24/h5-13H,3-4H2,1-2H3,(H,21,22,24)/b20-13+. The smallest absolute Gasteiger partial charge is 0.276 e. The number of para-hydroxylation sites is 1. The molecule has 5 heteroatoms. The molecule has 24 heavy (non-hydrogen) atoms. The molecule has 0 atom stereocenters. The van der Waals surface area contributed by atoms with Crippen molar-refractivity contribution in [3.8, 4) is 0 Å². The molecule has 2 aromatic rings. The third-order valence-electron chi connectivity index (χ3n) is 4.03. The Morgan fingerprint density at radius 3 is 2.46 bits per heavy atom. The van der Waals surface area contributed by atoms with Crippen LogP contribution in [0.15, 0.2) is 58.7 Å². The Kier molecular flexibility index (Phi) is 4.70. The number of hydrogen-bond donors (Lipinski definition) is 1. The van der Waals surface area contributed by atoms with Gasteiger partial charge in [-0.2, -0.15) is 5.10 Å². The van der Waals surface area contributed by atoms with Crippen molar-refractivity contribution in [3.63, 3.8) is 0 Å². The molecule has 1 N–H and O–H groups in total. The number of hydrogen-bond acceptors (Lipinski definition) is 4. The highest BCUT2D eigenvalue weighted by Crippen LogP contribution is 2.22. The first-order valence-corrected chi connectivity index (χ1v) is 8.09. The van der Waals surface area contributed by atoms with Gasteiger partial charge in [0.15, 0.2) is 5.71 Å². The van der Waals surface area contributed by atoms with Crippen LogP contribution in [0.5, 0.6) is 0 Å². The van der Waals surface area contributed by atoms with Crippen LogP contribution in [0.3, 0.4) is 0 Å². The van der Waals surface area contributed by atoms with Gasteiger partial charge in [0.1, 0.15) is 0 Å². The summed E-state index contributed by atoms with van der Waals surface area (Å²) in [5.74, 6) is -0.217. The molecule has 1 aliphatic rings. The van der Waals surface area contributed by atoms with E-state index in [1.54, 1.807) is 6.21 Å². The molecule has 2 aromatic carbocycles. The van der Waals surface area contributed by atoms with Gasteiger partial charge in [-0.3, -0.25) is 4.79 Å². The Bertz CT molecular complexity index is 789. The lowest BCUT2D eigenvalue weighted by Gasteiger charge is -2.20. The third kappa shape index (κ3) is 3.20. The van der Waals surface area contributed by atoms with E-state index in [2.05, 4.69) is 46.4 Å². The molecule has 3 rings (SSSR count). The average Bonchev–Trinajstić information content (AvgIpc) is 2.93. The van der Waals surface area contributed by atoms with Crippen LogP contribution in [0.1, 0.15) is 25.0 Å². The zero-order valence-electron chi connectivity index (χ0n) is 13.9. The zero-order valence-corrected chi connectivity index (χ0v) is 13.9. The quantitative estimate of drug-likeness (QED) is 0.679. The van der Waals surface area contributed by atoms with Crippen molar-refractivity contribution in [2.75, 3.05) is 23.3 Å². The van der Waals surface area contributed by atoms with Gasteiger partial charge in [0.2, 0.25) is 0 Å². The van der Waals surface area contributed by atoms with E-state index in [0.29, 0.717) is 5.71 Å². The number of carbonyl (C=O) groups is 1. The van der Waals surface area contributed by atoms with Crippen molar-refractivity contribution in [1.82, 2.24) is 0 Å². The maximum Gasteiger partial charge on any atom is 0.276 e. The van der Waals surface area contributed by atoms with E-state index >= 15 is 0 Å². The number of fused-ring (bicyclic) bond motifs is 1. The van der Waals surface area contributed by atoms with Crippen molar-refractivity contribution < 1.29 is 4.79 Å².